The van der Waals surface area contributed by atoms with Crippen molar-refractivity contribution in [2.24, 2.45) is 0 Å². The SMILES string of the molecule is Cc1cccc(NC(=O)c2sc(-n3cccc3)nc2C)c1C. The molecule has 3 aromatic rings. The molecule has 0 spiro atoms. The maximum atomic E-state index is 12.5. The van der Waals surface area contributed by atoms with Gasteiger partial charge in [0.15, 0.2) is 5.13 Å². The lowest BCUT2D eigenvalue weighted by Crippen LogP contribution is -2.12. The molecule has 0 aliphatic heterocycles. The number of nitrogens with zero attached hydrogens (tertiary/aromatic N) is 2. The molecular weight excluding hydrogens is 294 g/mol. The number of anilines is 1. The van der Waals surface area contributed by atoms with Gasteiger partial charge in [-0.1, -0.05) is 23.5 Å². The highest BCUT2D eigenvalue weighted by Crippen LogP contribution is 2.24. The number of aromatic nitrogens is 2. The second-order valence-corrected chi connectivity index (χ2v) is 6.18. The Hall–Kier alpha value is -2.40. The smallest absolute Gasteiger partial charge is 0.267 e. The lowest BCUT2D eigenvalue weighted by atomic mass is 10.1. The van der Waals surface area contributed by atoms with Gasteiger partial charge in [-0.15, -0.1) is 0 Å². The van der Waals surface area contributed by atoms with Gasteiger partial charge in [-0.25, -0.2) is 4.98 Å². The molecule has 22 heavy (non-hydrogen) atoms. The number of carbonyl (C=O) groups is 1. The Morgan fingerprint density at radius 2 is 1.86 bits per heavy atom. The van der Waals surface area contributed by atoms with Crippen LogP contribution in [0.5, 0.6) is 0 Å². The molecule has 0 aliphatic rings. The van der Waals surface area contributed by atoms with E-state index >= 15 is 0 Å². The summed E-state index contributed by atoms with van der Waals surface area (Å²) in [5, 5.41) is 3.79. The van der Waals surface area contributed by atoms with E-state index in [0.29, 0.717) is 4.88 Å². The van der Waals surface area contributed by atoms with Gasteiger partial charge >= 0.3 is 0 Å². The van der Waals surface area contributed by atoms with Crippen LogP contribution in [0.4, 0.5) is 5.69 Å². The van der Waals surface area contributed by atoms with Crippen LogP contribution in [0.2, 0.25) is 0 Å². The van der Waals surface area contributed by atoms with Crippen LogP contribution in [0.3, 0.4) is 0 Å². The molecule has 0 radical (unpaired) electrons. The summed E-state index contributed by atoms with van der Waals surface area (Å²) in [7, 11) is 0. The summed E-state index contributed by atoms with van der Waals surface area (Å²) in [6, 6.07) is 9.78. The fourth-order valence-corrected chi connectivity index (χ4v) is 3.16. The Balaban J connectivity index is 1.88. The van der Waals surface area contributed by atoms with Crippen LogP contribution in [0.1, 0.15) is 26.5 Å². The second-order valence-electron chi connectivity index (χ2n) is 5.20. The number of carbonyl (C=O) groups excluding carboxylic acids is 1. The minimum atomic E-state index is -0.109. The molecule has 3 rings (SSSR count). The predicted molar refractivity (Wildman–Crippen MR) is 90.0 cm³/mol. The van der Waals surface area contributed by atoms with Crippen molar-refractivity contribution in [3.63, 3.8) is 0 Å². The van der Waals surface area contributed by atoms with Crippen LogP contribution in [0.25, 0.3) is 5.13 Å². The van der Waals surface area contributed by atoms with E-state index in [4.69, 9.17) is 0 Å². The number of benzene rings is 1. The quantitative estimate of drug-likeness (QED) is 0.791. The standard InChI is InChI=1S/C17H17N3OS/c1-11-7-6-8-14(12(11)2)19-16(21)15-13(3)18-17(22-15)20-9-4-5-10-20/h4-10H,1-3H3,(H,19,21). The largest absolute Gasteiger partial charge is 0.321 e. The number of aryl methyl sites for hydroxylation is 2. The van der Waals surface area contributed by atoms with Crippen molar-refractivity contribution in [2.45, 2.75) is 20.8 Å². The second kappa shape index (κ2) is 5.77. The molecule has 5 heteroatoms. The molecule has 0 atom stereocenters. The Kier molecular flexibility index (Phi) is 3.81. The zero-order valence-corrected chi connectivity index (χ0v) is 13.6. The van der Waals surface area contributed by atoms with Crippen molar-refractivity contribution in [3.05, 3.63) is 64.4 Å². The van der Waals surface area contributed by atoms with Gasteiger partial charge in [0.2, 0.25) is 0 Å². The first-order valence-corrected chi connectivity index (χ1v) is 7.86. The minimum absolute atomic E-state index is 0.109. The first kappa shape index (κ1) is 14.5. The molecule has 2 aromatic heterocycles. The fourth-order valence-electron chi connectivity index (χ4n) is 2.23. The van der Waals surface area contributed by atoms with Gasteiger partial charge in [-0.2, -0.15) is 0 Å². The molecule has 1 aromatic carbocycles. The number of nitrogens with one attached hydrogen (secondary N) is 1. The van der Waals surface area contributed by atoms with E-state index < -0.39 is 0 Å². The molecule has 0 saturated heterocycles. The summed E-state index contributed by atoms with van der Waals surface area (Å²) < 4.78 is 1.91. The fraction of sp³-hybridized carbons (Fsp3) is 0.176. The highest BCUT2D eigenvalue weighted by molar-refractivity contribution is 7.16. The lowest BCUT2D eigenvalue weighted by Gasteiger charge is -2.09. The van der Waals surface area contributed by atoms with E-state index in [9.17, 15) is 4.79 Å². The summed E-state index contributed by atoms with van der Waals surface area (Å²) in [4.78, 5) is 17.7. The van der Waals surface area contributed by atoms with Gasteiger partial charge in [0.1, 0.15) is 4.88 Å². The van der Waals surface area contributed by atoms with E-state index in [1.54, 1.807) is 0 Å². The van der Waals surface area contributed by atoms with Crippen molar-refractivity contribution in [3.8, 4) is 5.13 Å². The molecule has 0 unspecified atom stereocenters. The number of hydrogen-bond donors (Lipinski definition) is 1. The molecule has 1 amide bonds. The van der Waals surface area contributed by atoms with Crippen LogP contribution >= 0.6 is 11.3 Å². The van der Waals surface area contributed by atoms with E-state index in [0.717, 1.165) is 27.6 Å². The van der Waals surface area contributed by atoms with Gasteiger partial charge in [-0.05, 0) is 50.1 Å². The highest BCUT2D eigenvalue weighted by atomic mass is 32.1. The topological polar surface area (TPSA) is 46.9 Å². The minimum Gasteiger partial charge on any atom is -0.321 e. The van der Waals surface area contributed by atoms with E-state index in [1.807, 2.05) is 68.1 Å². The van der Waals surface area contributed by atoms with Crippen molar-refractivity contribution < 1.29 is 4.79 Å². The van der Waals surface area contributed by atoms with Gasteiger partial charge in [-0.3, -0.25) is 4.79 Å². The van der Waals surface area contributed by atoms with Crippen molar-refractivity contribution in [2.75, 3.05) is 5.32 Å². The molecule has 0 saturated carbocycles. The van der Waals surface area contributed by atoms with Gasteiger partial charge in [0.25, 0.3) is 5.91 Å². The predicted octanol–water partition coefficient (Wildman–Crippen LogP) is 4.11. The summed E-state index contributed by atoms with van der Waals surface area (Å²) in [5.74, 6) is -0.109. The monoisotopic (exact) mass is 311 g/mol. The van der Waals surface area contributed by atoms with E-state index in [1.165, 1.54) is 11.3 Å². The van der Waals surface area contributed by atoms with Crippen LogP contribution < -0.4 is 5.32 Å². The van der Waals surface area contributed by atoms with Crippen molar-refractivity contribution in [1.82, 2.24) is 9.55 Å². The molecule has 2 heterocycles. The van der Waals surface area contributed by atoms with Gasteiger partial charge in [0.05, 0.1) is 5.69 Å². The Bertz CT molecular complexity index is 819. The zero-order valence-electron chi connectivity index (χ0n) is 12.8. The molecule has 4 nitrogen and oxygen atoms in total. The van der Waals surface area contributed by atoms with Crippen LogP contribution in [-0.4, -0.2) is 15.5 Å². The number of hydrogen-bond acceptors (Lipinski definition) is 3. The van der Waals surface area contributed by atoms with Crippen LogP contribution in [-0.2, 0) is 0 Å². The molecule has 0 fully saturated rings. The third kappa shape index (κ3) is 2.67. The average Bonchev–Trinajstić information content (AvgIpc) is 3.13. The maximum absolute atomic E-state index is 12.5. The van der Waals surface area contributed by atoms with E-state index in [-0.39, 0.29) is 5.91 Å². The third-order valence-electron chi connectivity index (χ3n) is 3.67. The summed E-state index contributed by atoms with van der Waals surface area (Å²) in [6.45, 7) is 5.91. The van der Waals surface area contributed by atoms with Crippen molar-refractivity contribution in [1.29, 1.82) is 0 Å². The first-order chi connectivity index (χ1) is 10.6. The van der Waals surface area contributed by atoms with E-state index in [2.05, 4.69) is 10.3 Å². The lowest BCUT2D eigenvalue weighted by molar-refractivity contribution is 0.102. The first-order valence-electron chi connectivity index (χ1n) is 7.04. The Morgan fingerprint density at radius 3 is 2.59 bits per heavy atom. The molecular formula is C17H17N3OS. The Morgan fingerprint density at radius 1 is 1.14 bits per heavy atom. The normalized spacial score (nSPS) is 10.7. The van der Waals surface area contributed by atoms with Gasteiger partial charge < -0.3 is 9.88 Å². The maximum Gasteiger partial charge on any atom is 0.267 e. The summed E-state index contributed by atoms with van der Waals surface area (Å²) in [5.41, 5.74) is 3.84. The molecule has 0 aliphatic carbocycles. The number of rotatable bonds is 3. The zero-order chi connectivity index (χ0) is 15.7. The van der Waals surface area contributed by atoms with Gasteiger partial charge in [0, 0.05) is 18.1 Å². The summed E-state index contributed by atoms with van der Waals surface area (Å²) >= 11 is 1.39. The average molecular weight is 311 g/mol. The van der Waals surface area contributed by atoms with Crippen LogP contribution in [0, 0.1) is 20.8 Å². The molecule has 0 bridgehead atoms. The number of thiazole rings is 1. The Labute approximate surface area is 133 Å². The third-order valence-corrected chi connectivity index (χ3v) is 4.84. The molecule has 112 valence electrons. The number of amides is 1. The molecule has 1 N–H and O–H groups in total. The summed E-state index contributed by atoms with van der Waals surface area (Å²) in [6.07, 6.45) is 3.84. The van der Waals surface area contributed by atoms with Crippen molar-refractivity contribution >= 4 is 22.9 Å². The van der Waals surface area contributed by atoms with Crippen LogP contribution in [0.15, 0.2) is 42.7 Å². The highest BCUT2D eigenvalue weighted by Gasteiger charge is 2.17.